The molecule has 1 fully saturated rings. The molecule has 1 atom stereocenters. The Labute approximate surface area is 160 Å². The molecular weight excluding hydrogens is 338 g/mol. The second kappa shape index (κ2) is 6.72. The first-order chi connectivity index (χ1) is 13.0. The molecule has 4 rings (SSSR count). The summed E-state index contributed by atoms with van der Waals surface area (Å²) in [6.45, 7) is 4.88. The minimum Gasteiger partial charge on any atom is -0.354 e. The van der Waals surface area contributed by atoms with E-state index in [9.17, 15) is 9.59 Å². The molecule has 27 heavy (non-hydrogen) atoms. The van der Waals surface area contributed by atoms with Gasteiger partial charge >= 0.3 is 0 Å². The average molecular weight is 363 g/mol. The van der Waals surface area contributed by atoms with Gasteiger partial charge in [0.25, 0.3) is 11.8 Å². The number of carbonyl (C=O) groups excluding carboxylic acids is 2. The first-order valence-corrected chi connectivity index (χ1v) is 9.52. The fraction of sp³-hybridized carbons (Fsp3) is 0.364. The highest BCUT2D eigenvalue weighted by Gasteiger charge is 2.37. The molecule has 5 nitrogen and oxygen atoms in total. The lowest BCUT2D eigenvalue weighted by molar-refractivity contribution is 0.0589. The minimum absolute atomic E-state index is 0.0777. The van der Waals surface area contributed by atoms with Crippen LogP contribution in [-0.2, 0) is 0 Å². The Morgan fingerprint density at radius 2 is 1.89 bits per heavy atom. The maximum Gasteiger partial charge on any atom is 0.257 e. The van der Waals surface area contributed by atoms with Crippen molar-refractivity contribution in [1.82, 2.24) is 4.90 Å². The Morgan fingerprint density at radius 3 is 2.67 bits per heavy atom. The van der Waals surface area contributed by atoms with Crippen LogP contribution in [0.2, 0.25) is 0 Å². The van der Waals surface area contributed by atoms with Crippen molar-refractivity contribution < 1.29 is 9.59 Å². The highest BCUT2D eigenvalue weighted by Crippen LogP contribution is 2.35. The normalized spacial score (nSPS) is 18.8. The van der Waals surface area contributed by atoms with Crippen molar-refractivity contribution >= 4 is 23.2 Å². The van der Waals surface area contributed by atoms with E-state index in [2.05, 4.69) is 10.2 Å². The molecule has 140 valence electrons. The number of anilines is 2. The molecule has 0 bridgehead atoms. The smallest absolute Gasteiger partial charge is 0.257 e. The number of amides is 2. The molecule has 1 N–H and O–H groups in total. The van der Waals surface area contributed by atoms with Crippen LogP contribution in [-0.4, -0.2) is 36.5 Å². The molecule has 2 aliphatic heterocycles. The van der Waals surface area contributed by atoms with Crippen LogP contribution in [0.1, 0.15) is 51.1 Å². The van der Waals surface area contributed by atoms with Crippen LogP contribution in [0, 0.1) is 13.8 Å². The second-order valence-corrected chi connectivity index (χ2v) is 7.57. The van der Waals surface area contributed by atoms with E-state index < -0.39 is 0 Å². The average Bonchev–Trinajstić information content (AvgIpc) is 2.68. The highest BCUT2D eigenvalue weighted by molar-refractivity contribution is 6.08. The van der Waals surface area contributed by atoms with E-state index in [1.165, 1.54) is 5.56 Å². The predicted octanol–water partition coefficient (Wildman–Crippen LogP) is 3.96. The van der Waals surface area contributed by atoms with E-state index in [0.717, 1.165) is 42.7 Å². The van der Waals surface area contributed by atoms with Gasteiger partial charge in [-0.05, 0) is 74.6 Å². The Bertz CT molecular complexity index is 922. The maximum atomic E-state index is 12.8. The zero-order valence-electron chi connectivity index (χ0n) is 16.1. The molecule has 2 heterocycles. The zero-order valence-corrected chi connectivity index (χ0v) is 16.1. The number of rotatable bonds is 2. The summed E-state index contributed by atoms with van der Waals surface area (Å²) >= 11 is 0. The fourth-order valence-electron chi connectivity index (χ4n) is 4.04. The molecular formula is C22H25N3O2. The third-order valence-electron chi connectivity index (χ3n) is 5.81. The molecule has 2 aliphatic rings. The number of piperidine rings is 1. The fourth-order valence-corrected chi connectivity index (χ4v) is 4.04. The number of aryl methyl sites for hydroxylation is 2. The molecule has 0 aromatic heterocycles. The molecule has 2 amide bonds. The summed E-state index contributed by atoms with van der Waals surface area (Å²) in [6.07, 6.45) is 3.25. The van der Waals surface area contributed by atoms with Crippen LogP contribution < -0.4 is 10.2 Å². The number of fused-ring (bicyclic) bond motifs is 2. The number of carbonyl (C=O) groups is 2. The van der Waals surface area contributed by atoms with E-state index in [0.29, 0.717) is 11.1 Å². The summed E-state index contributed by atoms with van der Waals surface area (Å²) in [5, 5.41) is 2.96. The Balaban J connectivity index is 1.62. The van der Waals surface area contributed by atoms with Crippen molar-refractivity contribution in [3.05, 3.63) is 58.7 Å². The maximum absolute atomic E-state index is 12.8. The van der Waals surface area contributed by atoms with Crippen LogP contribution in [0.15, 0.2) is 36.4 Å². The summed E-state index contributed by atoms with van der Waals surface area (Å²) in [7, 11) is 2.01. The molecule has 2 aromatic rings. The van der Waals surface area contributed by atoms with Gasteiger partial charge in [-0.3, -0.25) is 9.59 Å². The lowest BCUT2D eigenvalue weighted by atomic mass is 9.97. The number of nitrogens with one attached hydrogen (secondary N) is 1. The molecule has 2 aromatic carbocycles. The van der Waals surface area contributed by atoms with Crippen molar-refractivity contribution in [2.45, 2.75) is 39.3 Å². The van der Waals surface area contributed by atoms with Gasteiger partial charge in [-0.1, -0.05) is 6.07 Å². The standard InChI is InChI=1S/C22H25N3O2/c1-14-7-9-17(12-15(14)2)23-21(26)16-8-10-18-19(13-16)24(3)20-6-4-5-11-25(20)22(18)27/h7-10,12-13,20H,4-6,11H2,1-3H3,(H,23,26). The molecule has 1 unspecified atom stereocenters. The van der Waals surface area contributed by atoms with E-state index in [1.54, 1.807) is 12.1 Å². The van der Waals surface area contributed by atoms with E-state index in [1.807, 2.05) is 50.1 Å². The molecule has 0 aliphatic carbocycles. The van der Waals surface area contributed by atoms with Crippen molar-refractivity contribution in [2.24, 2.45) is 0 Å². The largest absolute Gasteiger partial charge is 0.354 e. The molecule has 0 saturated carbocycles. The Hall–Kier alpha value is -2.82. The van der Waals surface area contributed by atoms with Crippen LogP contribution >= 0.6 is 0 Å². The van der Waals surface area contributed by atoms with E-state index in [-0.39, 0.29) is 18.0 Å². The zero-order chi connectivity index (χ0) is 19.1. The summed E-state index contributed by atoms with van der Waals surface area (Å²) in [6, 6.07) is 11.3. The van der Waals surface area contributed by atoms with E-state index >= 15 is 0 Å². The molecule has 1 saturated heterocycles. The van der Waals surface area contributed by atoms with Gasteiger partial charge in [0.05, 0.1) is 11.3 Å². The summed E-state index contributed by atoms with van der Waals surface area (Å²) in [5.41, 5.74) is 5.20. The van der Waals surface area contributed by atoms with Crippen LogP contribution in [0.25, 0.3) is 0 Å². The number of hydrogen-bond donors (Lipinski definition) is 1. The van der Waals surface area contributed by atoms with Crippen molar-refractivity contribution in [3.63, 3.8) is 0 Å². The van der Waals surface area contributed by atoms with Gasteiger partial charge in [0.2, 0.25) is 0 Å². The monoisotopic (exact) mass is 363 g/mol. The third kappa shape index (κ3) is 3.07. The van der Waals surface area contributed by atoms with Gasteiger partial charge in [-0.2, -0.15) is 0 Å². The van der Waals surface area contributed by atoms with Crippen LogP contribution in [0.3, 0.4) is 0 Å². The molecule has 0 spiro atoms. The number of hydrogen-bond acceptors (Lipinski definition) is 3. The first kappa shape index (κ1) is 17.6. The predicted molar refractivity (Wildman–Crippen MR) is 107 cm³/mol. The Morgan fingerprint density at radius 1 is 1.07 bits per heavy atom. The first-order valence-electron chi connectivity index (χ1n) is 9.52. The van der Waals surface area contributed by atoms with E-state index in [4.69, 9.17) is 0 Å². The minimum atomic E-state index is -0.159. The highest BCUT2D eigenvalue weighted by atomic mass is 16.2. The third-order valence-corrected chi connectivity index (χ3v) is 5.81. The Kier molecular flexibility index (Phi) is 4.38. The molecule has 0 radical (unpaired) electrons. The van der Waals surface area contributed by atoms with Crippen molar-refractivity contribution in [3.8, 4) is 0 Å². The van der Waals surface area contributed by atoms with Gasteiger partial charge in [-0.25, -0.2) is 0 Å². The van der Waals surface area contributed by atoms with Crippen molar-refractivity contribution in [2.75, 3.05) is 23.8 Å². The van der Waals surface area contributed by atoms with Gasteiger partial charge in [0, 0.05) is 24.8 Å². The van der Waals surface area contributed by atoms with Gasteiger partial charge in [-0.15, -0.1) is 0 Å². The van der Waals surface area contributed by atoms with Gasteiger partial charge in [0.1, 0.15) is 6.17 Å². The second-order valence-electron chi connectivity index (χ2n) is 7.57. The number of nitrogens with zero attached hydrogens (tertiary/aromatic N) is 2. The topological polar surface area (TPSA) is 52.7 Å². The summed E-state index contributed by atoms with van der Waals surface area (Å²) in [5.74, 6) is -0.0816. The summed E-state index contributed by atoms with van der Waals surface area (Å²) in [4.78, 5) is 29.7. The van der Waals surface area contributed by atoms with Crippen molar-refractivity contribution in [1.29, 1.82) is 0 Å². The van der Waals surface area contributed by atoms with Crippen LogP contribution in [0.4, 0.5) is 11.4 Å². The van der Waals surface area contributed by atoms with Gasteiger partial charge < -0.3 is 15.1 Å². The lowest BCUT2D eigenvalue weighted by Gasteiger charge is -2.46. The SMILES string of the molecule is Cc1ccc(NC(=O)c2ccc3c(c2)N(C)C2CCCCN2C3=O)cc1C. The lowest BCUT2D eigenvalue weighted by Crippen LogP contribution is -2.55. The number of benzene rings is 2. The quantitative estimate of drug-likeness (QED) is 0.879. The summed E-state index contributed by atoms with van der Waals surface area (Å²) < 4.78 is 0. The molecule has 5 heteroatoms. The van der Waals surface area contributed by atoms with Crippen LogP contribution in [0.5, 0.6) is 0 Å². The van der Waals surface area contributed by atoms with Gasteiger partial charge in [0.15, 0.2) is 0 Å².